The van der Waals surface area contributed by atoms with Gasteiger partial charge in [-0.25, -0.2) is 0 Å². The Kier molecular flexibility index (Phi) is 5.13. The zero-order chi connectivity index (χ0) is 11.4. The molecule has 0 aromatic carbocycles. The van der Waals surface area contributed by atoms with Crippen LogP contribution < -0.4 is 0 Å². The fourth-order valence-electron chi connectivity index (χ4n) is 0.922. The third kappa shape index (κ3) is 4.44. The van der Waals surface area contributed by atoms with Gasteiger partial charge in [0.15, 0.2) is 0 Å². The second-order valence-corrected chi connectivity index (χ2v) is 4.78. The van der Waals surface area contributed by atoms with Crippen LogP contribution in [0.5, 0.6) is 0 Å². The third-order valence-electron chi connectivity index (χ3n) is 2.71. The zero-order valence-corrected chi connectivity index (χ0v) is 10.0. The molecular weight excluding hydrogens is 179 g/mol. The van der Waals surface area contributed by atoms with Gasteiger partial charge >= 0.3 is 7.12 Å². The maximum atomic E-state index is 9.78. The molecule has 0 aromatic rings. The van der Waals surface area contributed by atoms with E-state index in [0.717, 1.165) is 12.8 Å². The van der Waals surface area contributed by atoms with E-state index in [2.05, 4.69) is 6.92 Å². The Morgan fingerprint density at radius 1 is 1.21 bits per heavy atom. The van der Waals surface area contributed by atoms with Crippen molar-refractivity contribution in [2.24, 2.45) is 0 Å². The van der Waals surface area contributed by atoms with Gasteiger partial charge in [-0.1, -0.05) is 19.8 Å². The summed E-state index contributed by atoms with van der Waals surface area (Å²) >= 11 is 0. The first kappa shape index (κ1) is 13.9. The topological polar surface area (TPSA) is 49.7 Å². The van der Waals surface area contributed by atoms with Gasteiger partial charge < -0.3 is 14.8 Å². The molecule has 0 unspecified atom stereocenters. The predicted molar refractivity (Wildman–Crippen MR) is 59.1 cm³/mol. The molecule has 0 rings (SSSR count). The molecule has 4 heteroatoms. The van der Waals surface area contributed by atoms with Crippen molar-refractivity contribution in [2.75, 3.05) is 0 Å². The maximum Gasteiger partial charge on any atom is 0.454 e. The third-order valence-corrected chi connectivity index (χ3v) is 2.71. The van der Waals surface area contributed by atoms with E-state index in [-0.39, 0.29) is 0 Å². The first-order valence-electron chi connectivity index (χ1n) is 5.29. The van der Waals surface area contributed by atoms with E-state index in [1.807, 2.05) is 0 Å². The van der Waals surface area contributed by atoms with Gasteiger partial charge in [0.25, 0.3) is 0 Å². The lowest BCUT2D eigenvalue weighted by Crippen LogP contribution is -2.50. The van der Waals surface area contributed by atoms with Crippen molar-refractivity contribution < 1.29 is 14.8 Å². The molecular formula is C10H23BO3. The molecule has 0 fully saturated rings. The largest absolute Gasteiger partial charge is 0.454 e. The van der Waals surface area contributed by atoms with Crippen molar-refractivity contribution in [3.63, 3.8) is 0 Å². The van der Waals surface area contributed by atoms with Gasteiger partial charge in [0, 0.05) is 0 Å². The average Bonchev–Trinajstić information content (AvgIpc) is 1.97. The Hall–Kier alpha value is -0.0551. The molecule has 0 aliphatic rings. The van der Waals surface area contributed by atoms with E-state index in [1.165, 1.54) is 0 Å². The fraction of sp³-hybridized carbons (Fsp3) is 1.00. The lowest BCUT2D eigenvalue weighted by molar-refractivity contribution is -0.1000. The summed E-state index contributed by atoms with van der Waals surface area (Å²) in [4.78, 5) is 0. The van der Waals surface area contributed by atoms with Gasteiger partial charge in [-0.15, -0.1) is 0 Å². The summed E-state index contributed by atoms with van der Waals surface area (Å²) in [6.07, 6.45) is 2.59. The lowest BCUT2D eigenvalue weighted by atomic mass is 9.79. The van der Waals surface area contributed by atoms with Crippen LogP contribution in [0.3, 0.4) is 0 Å². The van der Waals surface area contributed by atoms with Gasteiger partial charge in [-0.2, -0.15) is 0 Å². The van der Waals surface area contributed by atoms with Crippen LogP contribution in [0.4, 0.5) is 0 Å². The van der Waals surface area contributed by atoms with Crippen LogP contribution in [0.1, 0.15) is 47.5 Å². The second kappa shape index (κ2) is 5.15. The van der Waals surface area contributed by atoms with Crippen LogP contribution in [0, 0.1) is 0 Å². The van der Waals surface area contributed by atoms with E-state index in [1.54, 1.807) is 27.7 Å². The van der Waals surface area contributed by atoms with Crippen molar-refractivity contribution in [1.82, 2.24) is 0 Å². The van der Waals surface area contributed by atoms with Crippen LogP contribution >= 0.6 is 0 Å². The fourth-order valence-corrected chi connectivity index (χ4v) is 0.922. The summed E-state index contributed by atoms with van der Waals surface area (Å²) in [7, 11) is -0.781. The van der Waals surface area contributed by atoms with Crippen LogP contribution in [0.2, 0.25) is 6.32 Å². The molecule has 0 radical (unpaired) electrons. The Morgan fingerprint density at radius 3 is 2.07 bits per heavy atom. The molecule has 0 aliphatic carbocycles. The summed E-state index contributed by atoms with van der Waals surface area (Å²) in [6.45, 7) is 8.98. The molecule has 84 valence electrons. The Morgan fingerprint density at radius 2 is 1.71 bits per heavy atom. The summed E-state index contributed by atoms with van der Waals surface area (Å²) in [5.41, 5.74) is -1.69. The molecule has 0 bridgehead atoms. The molecule has 0 saturated heterocycles. The summed E-state index contributed by atoms with van der Waals surface area (Å²) in [5.74, 6) is 0. The van der Waals surface area contributed by atoms with Gasteiger partial charge in [-0.05, 0) is 34.0 Å². The van der Waals surface area contributed by atoms with Crippen molar-refractivity contribution in [1.29, 1.82) is 0 Å². The van der Waals surface area contributed by atoms with Gasteiger partial charge in [0.1, 0.15) is 0 Å². The molecule has 2 N–H and O–H groups in total. The Balaban J connectivity index is 4.08. The molecule has 0 aliphatic heterocycles. The first-order valence-corrected chi connectivity index (χ1v) is 5.29. The van der Waals surface area contributed by atoms with E-state index < -0.39 is 18.3 Å². The molecule has 0 saturated carbocycles. The van der Waals surface area contributed by atoms with Gasteiger partial charge in [0.2, 0.25) is 0 Å². The highest BCUT2D eigenvalue weighted by Crippen LogP contribution is 2.26. The summed E-state index contributed by atoms with van der Waals surface area (Å²) < 4.78 is 5.41. The van der Waals surface area contributed by atoms with Crippen LogP contribution in [-0.4, -0.2) is 28.5 Å². The normalized spacial score (nSPS) is 13.1. The molecule has 14 heavy (non-hydrogen) atoms. The molecule has 0 amide bonds. The van der Waals surface area contributed by atoms with E-state index in [0.29, 0.717) is 6.32 Å². The highest BCUT2D eigenvalue weighted by atomic mass is 16.5. The second-order valence-electron chi connectivity index (χ2n) is 4.78. The van der Waals surface area contributed by atoms with Crippen molar-refractivity contribution in [2.45, 2.75) is 65.0 Å². The Bertz CT molecular complexity index is 163. The Labute approximate surface area is 87.6 Å². The van der Waals surface area contributed by atoms with Crippen molar-refractivity contribution in [3.05, 3.63) is 0 Å². The smallest absolute Gasteiger partial charge is 0.427 e. The molecule has 0 spiro atoms. The van der Waals surface area contributed by atoms with Crippen molar-refractivity contribution in [3.8, 4) is 0 Å². The average molecular weight is 202 g/mol. The van der Waals surface area contributed by atoms with E-state index in [4.69, 9.17) is 4.65 Å². The van der Waals surface area contributed by atoms with Crippen LogP contribution in [0.15, 0.2) is 0 Å². The minimum atomic E-state index is -0.958. The molecule has 0 aromatic heterocycles. The quantitative estimate of drug-likeness (QED) is 0.646. The highest BCUT2D eigenvalue weighted by molar-refractivity contribution is 6.42. The van der Waals surface area contributed by atoms with E-state index in [9.17, 15) is 10.1 Å². The zero-order valence-electron chi connectivity index (χ0n) is 10.0. The molecule has 0 heterocycles. The standard InChI is InChI=1S/C10H23BO3/c1-6-7-8-11(13)14-10(4,5)9(2,3)12/h12-13H,6-8H2,1-5H3. The van der Waals surface area contributed by atoms with Crippen molar-refractivity contribution >= 4 is 7.12 Å². The predicted octanol–water partition coefficient (Wildman–Crippen LogP) is 1.83. The monoisotopic (exact) mass is 202 g/mol. The SMILES string of the molecule is CCCCB(O)OC(C)(C)C(C)(C)O. The maximum absolute atomic E-state index is 9.78. The van der Waals surface area contributed by atoms with Gasteiger partial charge in [0.05, 0.1) is 11.2 Å². The summed E-state index contributed by atoms with van der Waals surface area (Å²) in [6, 6.07) is 0. The molecule has 3 nitrogen and oxygen atoms in total. The number of hydrogen-bond donors (Lipinski definition) is 2. The number of aliphatic hydroxyl groups is 1. The van der Waals surface area contributed by atoms with Crippen LogP contribution in [-0.2, 0) is 4.65 Å². The number of hydrogen-bond acceptors (Lipinski definition) is 3. The first-order chi connectivity index (χ1) is 6.20. The van der Waals surface area contributed by atoms with Crippen LogP contribution in [0.25, 0.3) is 0 Å². The number of unbranched alkanes of at least 4 members (excludes halogenated alkanes) is 1. The van der Waals surface area contributed by atoms with Gasteiger partial charge in [-0.3, -0.25) is 0 Å². The summed E-state index contributed by atoms with van der Waals surface area (Å²) in [5, 5.41) is 19.3. The van der Waals surface area contributed by atoms with E-state index >= 15 is 0 Å². The highest BCUT2D eigenvalue weighted by Gasteiger charge is 2.38. The molecule has 0 atom stereocenters. The minimum Gasteiger partial charge on any atom is -0.427 e. The number of rotatable bonds is 6. The lowest BCUT2D eigenvalue weighted by Gasteiger charge is -2.38. The minimum absolute atomic E-state index is 0.621.